The van der Waals surface area contributed by atoms with E-state index in [4.69, 9.17) is 4.42 Å². The van der Waals surface area contributed by atoms with Crippen LogP contribution in [0.5, 0.6) is 0 Å². The van der Waals surface area contributed by atoms with Crippen LogP contribution in [0.4, 0.5) is 6.01 Å². The largest absolute Gasteiger partial charge is 0.402 e. The van der Waals surface area contributed by atoms with E-state index >= 15 is 0 Å². The van der Waals surface area contributed by atoms with Crippen molar-refractivity contribution in [3.63, 3.8) is 0 Å². The van der Waals surface area contributed by atoms with Gasteiger partial charge in [-0.15, -0.1) is 16.4 Å². The first kappa shape index (κ1) is 16.1. The lowest BCUT2D eigenvalue weighted by molar-refractivity contribution is -0.121. The van der Waals surface area contributed by atoms with Gasteiger partial charge in [-0.05, 0) is 24.3 Å². The third-order valence-electron chi connectivity index (χ3n) is 3.61. The number of amides is 1. The molecule has 8 nitrogen and oxygen atoms in total. The fourth-order valence-electron chi connectivity index (χ4n) is 2.44. The number of hydrogen-bond donors (Lipinski definition) is 1. The molecule has 1 amide bonds. The van der Waals surface area contributed by atoms with E-state index in [0.29, 0.717) is 25.3 Å². The lowest BCUT2D eigenvalue weighted by Gasteiger charge is -2.29. The number of nitrogens with one attached hydrogen (secondary N) is 1. The van der Waals surface area contributed by atoms with Crippen LogP contribution in [0.2, 0.25) is 0 Å². The second kappa shape index (κ2) is 6.38. The van der Waals surface area contributed by atoms with E-state index in [1.54, 1.807) is 0 Å². The highest BCUT2D eigenvalue weighted by Gasteiger charge is 2.30. The van der Waals surface area contributed by atoms with E-state index in [1.165, 1.54) is 15.6 Å². The molecule has 23 heavy (non-hydrogen) atoms. The standard InChI is InChI=1S/C13H16N4O4S2/c1-23(19,20)17-6-2-4-9(8-17)11(18)14-13-16-15-12(21-13)10-5-3-7-22-10/h3,5,7,9H,2,4,6,8H2,1H3,(H,14,16,18). The van der Waals surface area contributed by atoms with Crippen LogP contribution in [-0.4, -0.2) is 48.2 Å². The first-order valence-electron chi connectivity index (χ1n) is 7.07. The summed E-state index contributed by atoms with van der Waals surface area (Å²) in [6.45, 7) is 0.627. The summed E-state index contributed by atoms with van der Waals surface area (Å²) in [5, 5.41) is 12.1. The number of aromatic nitrogens is 2. The molecule has 1 saturated heterocycles. The van der Waals surface area contributed by atoms with Crippen molar-refractivity contribution in [1.82, 2.24) is 14.5 Å². The van der Waals surface area contributed by atoms with Crippen molar-refractivity contribution in [2.24, 2.45) is 5.92 Å². The number of nitrogens with zero attached hydrogens (tertiary/aromatic N) is 3. The van der Waals surface area contributed by atoms with Gasteiger partial charge in [0, 0.05) is 13.1 Å². The Labute approximate surface area is 137 Å². The van der Waals surface area contributed by atoms with Gasteiger partial charge in [-0.2, -0.15) is 0 Å². The van der Waals surface area contributed by atoms with E-state index in [2.05, 4.69) is 15.5 Å². The molecular formula is C13H16N4O4S2. The minimum atomic E-state index is -3.29. The van der Waals surface area contributed by atoms with E-state index in [0.717, 1.165) is 11.1 Å². The SMILES string of the molecule is CS(=O)(=O)N1CCCC(C(=O)Nc2nnc(-c3cccs3)o2)C1. The van der Waals surface area contributed by atoms with Crippen LogP contribution in [0.3, 0.4) is 0 Å². The Bertz CT molecular complexity index is 785. The summed E-state index contributed by atoms with van der Waals surface area (Å²) in [7, 11) is -3.29. The molecule has 0 aromatic carbocycles. The quantitative estimate of drug-likeness (QED) is 0.888. The second-order valence-electron chi connectivity index (χ2n) is 5.34. The first-order chi connectivity index (χ1) is 10.9. The predicted octanol–water partition coefficient (Wildman–Crippen LogP) is 1.41. The number of thiophene rings is 1. The minimum absolute atomic E-state index is 0.0230. The number of hydrogen-bond acceptors (Lipinski definition) is 7. The first-order valence-corrected chi connectivity index (χ1v) is 9.79. The van der Waals surface area contributed by atoms with Crippen molar-refractivity contribution in [3.8, 4) is 10.8 Å². The van der Waals surface area contributed by atoms with Crippen molar-refractivity contribution < 1.29 is 17.6 Å². The maximum Gasteiger partial charge on any atom is 0.322 e. The fourth-order valence-corrected chi connectivity index (χ4v) is 3.99. The molecule has 1 N–H and O–H groups in total. The van der Waals surface area contributed by atoms with Crippen molar-refractivity contribution in [1.29, 1.82) is 0 Å². The van der Waals surface area contributed by atoms with Crippen LogP contribution in [0.1, 0.15) is 12.8 Å². The Kier molecular flexibility index (Phi) is 4.46. The summed E-state index contributed by atoms with van der Waals surface area (Å²) >= 11 is 1.46. The minimum Gasteiger partial charge on any atom is -0.402 e. The Morgan fingerprint density at radius 2 is 2.30 bits per heavy atom. The molecule has 3 heterocycles. The molecule has 1 aliphatic rings. The summed E-state index contributed by atoms with van der Waals surface area (Å²) in [5.74, 6) is -0.382. The van der Waals surface area contributed by atoms with Gasteiger partial charge in [0.1, 0.15) is 0 Å². The summed E-state index contributed by atoms with van der Waals surface area (Å²) in [6.07, 6.45) is 2.43. The molecule has 2 aromatic heterocycles. The maximum absolute atomic E-state index is 12.3. The highest BCUT2D eigenvalue weighted by atomic mass is 32.2. The molecular weight excluding hydrogens is 340 g/mol. The third-order valence-corrected chi connectivity index (χ3v) is 5.74. The van der Waals surface area contributed by atoms with E-state index in [1.807, 2.05) is 17.5 Å². The van der Waals surface area contributed by atoms with E-state index in [9.17, 15) is 13.2 Å². The topological polar surface area (TPSA) is 105 Å². The van der Waals surface area contributed by atoms with Crippen LogP contribution < -0.4 is 5.32 Å². The van der Waals surface area contributed by atoms with Crippen molar-refractivity contribution in [2.45, 2.75) is 12.8 Å². The molecule has 3 rings (SSSR count). The number of anilines is 1. The van der Waals surface area contributed by atoms with Gasteiger partial charge in [0.2, 0.25) is 15.9 Å². The zero-order chi connectivity index (χ0) is 16.4. The van der Waals surface area contributed by atoms with Crippen LogP contribution in [0.15, 0.2) is 21.9 Å². The molecule has 0 spiro atoms. The number of sulfonamides is 1. The van der Waals surface area contributed by atoms with Gasteiger partial charge in [0.15, 0.2) is 0 Å². The number of carbonyl (C=O) groups is 1. The molecule has 124 valence electrons. The van der Waals surface area contributed by atoms with Gasteiger partial charge >= 0.3 is 6.01 Å². The van der Waals surface area contributed by atoms with Crippen molar-refractivity contribution in [2.75, 3.05) is 24.7 Å². The fraction of sp³-hybridized carbons (Fsp3) is 0.462. The highest BCUT2D eigenvalue weighted by molar-refractivity contribution is 7.88. The smallest absolute Gasteiger partial charge is 0.322 e. The molecule has 0 bridgehead atoms. The van der Waals surface area contributed by atoms with Gasteiger partial charge in [-0.3, -0.25) is 10.1 Å². The van der Waals surface area contributed by atoms with Crippen LogP contribution in [0.25, 0.3) is 10.8 Å². The summed E-state index contributed by atoms with van der Waals surface area (Å²) in [6, 6.07) is 3.73. The van der Waals surface area contributed by atoms with Crippen LogP contribution in [-0.2, 0) is 14.8 Å². The predicted molar refractivity (Wildman–Crippen MR) is 85.4 cm³/mol. The Morgan fingerprint density at radius 3 is 3.00 bits per heavy atom. The molecule has 2 aromatic rings. The third kappa shape index (κ3) is 3.77. The summed E-state index contributed by atoms with van der Waals surface area (Å²) < 4.78 is 29.9. The van der Waals surface area contributed by atoms with Crippen molar-refractivity contribution >= 4 is 33.3 Å². The van der Waals surface area contributed by atoms with Crippen LogP contribution >= 0.6 is 11.3 Å². The second-order valence-corrected chi connectivity index (χ2v) is 8.27. The average molecular weight is 356 g/mol. The Hall–Kier alpha value is -1.78. The van der Waals surface area contributed by atoms with Gasteiger partial charge in [0.25, 0.3) is 5.89 Å². The Morgan fingerprint density at radius 1 is 1.48 bits per heavy atom. The average Bonchev–Trinajstić information content (AvgIpc) is 3.17. The van der Waals surface area contributed by atoms with Crippen molar-refractivity contribution in [3.05, 3.63) is 17.5 Å². The molecule has 1 aliphatic heterocycles. The lowest BCUT2D eigenvalue weighted by Crippen LogP contribution is -2.43. The molecule has 1 fully saturated rings. The Balaban J connectivity index is 1.65. The van der Waals surface area contributed by atoms with Gasteiger partial charge in [0.05, 0.1) is 17.1 Å². The normalized spacial score (nSPS) is 19.6. The molecule has 0 saturated carbocycles. The maximum atomic E-state index is 12.3. The van der Waals surface area contributed by atoms with E-state index in [-0.39, 0.29) is 18.5 Å². The number of rotatable bonds is 4. The molecule has 1 atom stereocenters. The van der Waals surface area contributed by atoms with Gasteiger partial charge in [-0.25, -0.2) is 12.7 Å². The number of carbonyl (C=O) groups excluding carboxylic acids is 1. The molecule has 10 heteroatoms. The number of piperidine rings is 1. The molecule has 0 aliphatic carbocycles. The molecule has 1 unspecified atom stereocenters. The summed E-state index contributed by atoms with van der Waals surface area (Å²) in [4.78, 5) is 13.1. The zero-order valence-electron chi connectivity index (χ0n) is 12.4. The monoisotopic (exact) mass is 356 g/mol. The highest BCUT2D eigenvalue weighted by Crippen LogP contribution is 2.25. The molecule has 0 radical (unpaired) electrons. The zero-order valence-corrected chi connectivity index (χ0v) is 14.1. The van der Waals surface area contributed by atoms with Gasteiger partial charge < -0.3 is 4.42 Å². The van der Waals surface area contributed by atoms with Crippen LogP contribution in [0, 0.1) is 5.92 Å². The van der Waals surface area contributed by atoms with Gasteiger partial charge in [-0.1, -0.05) is 11.2 Å². The lowest BCUT2D eigenvalue weighted by atomic mass is 9.99. The van der Waals surface area contributed by atoms with E-state index < -0.39 is 15.9 Å². The summed E-state index contributed by atoms with van der Waals surface area (Å²) in [5.41, 5.74) is 0.